The van der Waals surface area contributed by atoms with Gasteiger partial charge in [-0.25, -0.2) is 19.9 Å². The predicted octanol–water partition coefficient (Wildman–Crippen LogP) is 26.0. The van der Waals surface area contributed by atoms with Gasteiger partial charge in [0.15, 0.2) is 0 Å². The van der Waals surface area contributed by atoms with Gasteiger partial charge in [0, 0.05) is 222 Å². The fourth-order valence-corrected chi connectivity index (χ4v) is 16.8. The van der Waals surface area contributed by atoms with E-state index >= 15 is 0 Å². The molecule has 640 valence electrons. The van der Waals surface area contributed by atoms with E-state index in [1.54, 1.807) is 28.4 Å². The van der Waals surface area contributed by atoms with Crippen LogP contribution in [-0.4, -0.2) is 145 Å². The van der Waals surface area contributed by atoms with Gasteiger partial charge in [-0.3, -0.25) is 0 Å². The molecule has 0 radical (unpaired) electrons. The quantitative estimate of drug-likeness (QED) is 0.0357. The van der Waals surface area contributed by atoms with Gasteiger partial charge in [-0.05, 0) is 208 Å². The maximum atomic E-state index is 5.33. The Morgan fingerprint density at radius 3 is 0.789 bits per heavy atom. The number of methoxy groups -OCH3 is 4. The molecule has 0 unspecified atom stereocenters. The molecule has 0 bridgehead atoms. The fourth-order valence-electron chi connectivity index (χ4n) is 16.1. The van der Waals surface area contributed by atoms with Crippen molar-refractivity contribution in [2.75, 3.05) is 104 Å². The number of hydrogen-bond donors (Lipinski definition) is 8. The highest BCUT2D eigenvalue weighted by atomic mass is 79.9. The second kappa shape index (κ2) is 37.0. The minimum atomic E-state index is 0.806. The number of aromatic nitrogens is 12. The molecule has 0 spiro atoms. The first kappa shape index (κ1) is 85.2. The third-order valence-corrected chi connectivity index (χ3v) is 24.0. The number of hydrogen-bond acceptors (Lipinski definition) is 12. The number of aromatic amines is 8. The van der Waals surface area contributed by atoms with Crippen molar-refractivity contribution < 1.29 is 18.9 Å². The summed E-state index contributed by atoms with van der Waals surface area (Å²) in [6, 6.07) is 95.3. The number of rotatable bonds is 20. The summed E-state index contributed by atoms with van der Waals surface area (Å²) in [5, 5.41) is 4.55. The van der Waals surface area contributed by atoms with Crippen LogP contribution in [0.5, 0.6) is 23.0 Å². The lowest BCUT2D eigenvalue weighted by Crippen LogP contribution is -2.08. The van der Waals surface area contributed by atoms with Crippen molar-refractivity contribution in [3.8, 4) is 159 Å². The van der Waals surface area contributed by atoms with Gasteiger partial charge in [0.2, 0.25) is 0 Å². The number of H-pyrrole nitrogens is 8. The molecule has 20 aromatic rings. The number of benzene rings is 12. The summed E-state index contributed by atoms with van der Waals surface area (Å²) in [7, 11) is 23.1. The SMILES string of the molecule is CN(C)c1ccc(-c2nc(-c3c[nH]c4ccc(Br)cc34)[nH]c2-c2ccc(N(C)C)cc2)cc1.COc1ccc(-c2nc(-c3c(C)[nH]c4ccccc34)[nH]c2-c2ccc(OC)cc2)cc1.COc1ccc(-c2nc(-c3c[nH]c4ccc(Br)cc34)[nH]c2-c2ccc(OC)cc2)cc1.Cc1[nH]c2ccccc2c1-c1nc(-c2ccc(N(C)C)cc2)c(-c2ccc(N(C)C)cc2)[nH]1. The van der Waals surface area contributed by atoms with E-state index in [0.717, 1.165) is 229 Å². The summed E-state index contributed by atoms with van der Waals surface area (Å²) in [5.41, 5.74) is 31.6. The van der Waals surface area contributed by atoms with Crippen LogP contribution >= 0.6 is 31.9 Å². The molecule has 20 rings (SSSR count). The molecule has 12 aromatic carbocycles. The third-order valence-electron chi connectivity index (χ3n) is 23.0. The fraction of sp³-hybridized carbons (Fsp3) is 0.132. The first-order chi connectivity index (χ1) is 62.2. The second-order valence-electron chi connectivity index (χ2n) is 32.0. The zero-order chi connectivity index (χ0) is 89.0. The van der Waals surface area contributed by atoms with Gasteiger partial charge < -0.3 is 78.4 Å². The summed E-state index contributed by atoms with van der Waals surface area (Å²) in [5.74, 6) is 6.64. The minimum Gasteiger partial charge on any atom is -0.497 e. The topological polar surface area (TPSA) is 228 Å². The number of nitrogens with zero attached hydrogens (tertiary/aromatic N) is 8. The molecule has 0 saturated carbocycles. The average Bonchev–Trinajstić information content (AvgIpc) is 1.62. The first-order valence-electron chi connectivity index (χ1n) is 41.9. The number of nitrogens with one attached hydrogen (secondary N) is 8. The van der Waals surface area contributed by atoms with E-state index in [1.807, 2.05) is 128 Å². The zero-order valence-corrected chi connectivity index (χ0v) is 76.9. The van der Waals surface area contributed by atoms with Crippen LogP contribution in [0, 0.1) is 13.8 Å². The van der Waals surface area contributed by atoms with Gasteiger partial charge in [0.25, 0.3) is 0 Å². The zero-order valence-electron chi connectivity index (χ0n) is 73.7. The smallest absolute Gasteiger partial charge is 0.140 e. The Morgan fingerprint density at radius 1 is 0.258 bits per heavy atom. The Morgan fingerprint density at radius 2 is 0.508 bits per heavy atom. The van der Waals surface area contributed by atoms with Crippen molar-refractivity contribution in [3.05, 3.63) is 312 Å². The van der Waals surface area contributed by atoms with Crippen LogP contribution in [0.3, 0.4) is 0 Å². The van der Waals surface area contributed by atoms with E-state index in [0.29, 0.717) is 0 Å². The van der Waals surface area contributed by atoms with Crippen LogP contribution in [0.4, 0.5) is 22.7 Å². The number of para-hydroxylation sites is 2. The molecule has 0 aliphatic rings. The van der Waals surface area contributed by atoms with Crippen LogP contribution in [0.15, 0.2) is 300 Å². The summed E-state index contributed by atoms with van der Waals surface area (Å²) < 4.78 is 23.4. The lowest BCUT2D eigenvalue weighted by Gasteiger charge is -2.13. The van der Waals surface area contributed by atoms with Crippen molar-refractivity contribution >= 4 is 98.2 Å². The first-order valence-corrected chi connectivity index (χ1v) is 43.5. The monoisotopic (exact) mass is 1820 g/mol. The van der Waals surface area contributed by atoms with E-state index in [-0.39, 0.29) is 0 Å². The molecule has 0 saturated heterocycles. The Labute approximate surface area is 760 Å². The maximum Gasteiger partial charge on any atom is 0.140 e. The Hall–Kier alpha value is -15.0. The van der Waals surface area contributed by atoms with Gasteiger partial charge in [-0.1, -0.05) is 117 Å². The molecule has 0 amide bonds. The van der Waals surface area contributed by atoms with Crippen LogP contribution in [-0.2, 0) is 0 Å². The number of halogens is 2. The minimum absolute atomic E-state index is 0.806. The molecule has 8 N–H and O–H groups in total. The van der Waals surface area contributed by atoms with Crippen molar-refractivity contribution in [1.82, 2.24) is 59.8 Å². The van der Waals surface area contributed by atoms with Gasteiger partial charge >= 0.3 is 0 Å². The van der Waals surface area contributed by atoms with E-state index in [9.17, 15) is 0 Å². The third kappa shape index (κ3) is 17.8. The van der Waals surface area contributed by atoms with E-state index in [2.05, 4.69) is 325 Å². The maximum absolute atomic E-state index is 5.33. The van der Waals surface area contributed by atoms with E-state index in [4.69, 9.17) is 38.9 Å². The summed E-state index contributed by atoms with van der Waals surface area (Å²) in [6.45, 7) is 4.19. The molecular weight excluding hydrogens is 1720 g/mol. The number of ether oxygens (including phenoxy) is 4. The molecule has 22 heteroatoms. The molecule has 20 nitrogen and oxygen atoms in total. The summed E-state index contributed by atoms with van der Waals surface area (Å²) in [4.78, 5) is 56.9. The normalized spacial score (nSPS) is 11.1. The average molecular weight is 1820 g/mol. The molecule has 8 heterocycles. The van der Waals surface area contributed by atoms with Crippen LogP contribution in [0.25, 0.3) is 179 Å². The number of imidazole rings is 4. The lowest BCUT2D eigenvalue weighted by atomic mass is 10.0. The van der Waals surface area contributed by atoms with E-state index < -0.39 is 0 Å². The molecule has 0 aliphatic carbocycles. The van der Waals surface area contributed by atoms with Crippen LogP contribution in [0.2, 0.25) is 0 Å². The van der Waals surface area contributed by atoms with E-state index in [1.165, 1.54) is 16.8 Å². The highest BCUT2D eigenvalue weighted by Gasteiger charge is 2.25. The number of fused-ring (bicyclic) bond motifs is 4. The highest BCUT2D eigenvalue weighted by molar-refractivity contribution is 9.10. The van der Waals surface area contributed by atoms with Crippen molar-refractivity contribution in [2.24, 2.45) is 0 Å². The second-order valence-corrected chi connectivity index (χ2v) is 33.9. The molecule has 128 heavy (non-hydrogen) atoms. The molecular formula is C106H98Br2N16O4. The summed E-state index contributed by atoms with van der Waals surface area (Å²) in [6.07, 6.45) is 4.01. The standard InChI is InChI=1S/C28H29N5.C27H26BrN5.C26H23N3O2.C25H20BrN3O2/c1-18-25(23-8-6-7-9-24(23)29-18)28-30-26(19-10-14-21(15-11-19)32(2)3)27(31-28)20-12-16-22(17-13-20)33(4)5;1-32(2)20-10-5-17(6-11-20)25-26(18-7-12-21(13-8-18)33(3)4)31-27(30-25)23-16-29-24-14-9-19(28)15-22(23)24;1-16-23(21-6-4-5-7-22(21)27-16)26-28-24(17-8-12-19(30-2)13-9-17)25(29-26)18-10-14-20(31-3)15-11-18;1-30-18-8-3-15(4-9-18)23-24(16-5-10-19(31-2)11-6-16)29-25(28-23)21-14-27-22-12-7-17(26)13-20(21)22/h6-17,29H,1-5H3,(H,30,31);5-16,29H,1-4H3,(H,30,31);4-15,27H,1-3H3,(H,28,29);3-14,27H,1-2H3,(H,28,29). The number of aryl methyl sites for hydroxylation is 2. The summed E-state index contributed by atoms with van der Waals surface area (Å²) >= 11 is 7.18. The lowest BCUT2D eigenvalue weighted by molar-refractivity contribution is 0.414. The molecule has 8 aromatic heterocycles. The van der Waals surface area contributed by atoms with Crippen LogP contribution in [0.1, 0.15) is 11.4 Å². The van der Waals surface area contributed by atoms with Gasteiger partial charge in [0.05, 0.1) is 74.0 Å². The van der Waals surface area contributed by atoms with Crippen LogP contribution < -0.4 is 38.5 Å². The van der Waals surface area contributed by atoms with Gasteiger partial charge in [-0.2, -0.15) is 0 Å². The predicted molar refractivity (Wildman–Crippen MR) is 535 cm³/mol. The Bertz CT molecular complexity index is 6990. The van der Waals surface area contributed by atoms with Gasteiger partial charge in [0.1, 0.15) is 46.3 Å². The van der Waals surface area contributed by atoms with Crippen molar-refractivity contribution in [1.29, 1.82) is 0 Å². The largest absolute Gasteiger partial charge is 0.497 e. The molecule has 0 atom stereocenters. The van der Waals surface area contributed by atoms with Crippen molar-refractivity contribution in [2.45, 2.75) is 13.8 Å². The van der Waals surface area contributed by atoms with Gasteiger partial charge in [-0.15, -0.1) is 0 Å². The molecule has 0 fully saturated rings. The Kier molecular flexibility index (Phi) is 24.7. The number of anilines is 4. The molecule has 0 aliphatic heterocycles. The highest BCUT2D eigenvalue weighted by Crippen LogP contribution is 2.44. The Balaban J connectivity index is 0.000000120. The van der Waals surface area contributed by atoms with Crippen molar-refractivity contribution in [3.63, 3.8) is 0 Å².